The van der Waals surface area contributed by atoms with Crippen molar-refractivity contribution in [1.29, 1.82) is 0 Å². The number of hydrogen-bond donors (Lipinski definition) is 2. The molecule has 0 radical (unpaired) electrons. The number of anilines is 2. The Morgan fingerprint density at radius 1 is 1.14 bits per heavy atom. The van der Waals surface area contributed by atoms with E-state index in [0.717, 1.165) is 48.3 Å². The van der Waals surface area contributed by atoms with Gasteiger partial charge in [0.2, 0.25) is 5.95 Å². The van der Waals surface area contributed by atoms with Gasteiger partial charge in [-0.15, -0.1) is 0 Å². The monoisotopic (exact) mass is 504 g/mol. The number of methoxy groups -OCH3 is 1. The largest absolute Gasteiger partial charge is 0.384 e. The van der Waals surface area contributed by atoms with E-state index in [4.69, 9.17) is 14.7 Å². The molecule has 0 unspecified atom stereocenters. The molecule has 1 saturated heterocycles. The third-order valence-corrected chi connectivity index (χ3v) is 6.92. The molecule has 0 bridgehead atoms. The van der Waals surface area contributed by atoms with Crippen LogP contribution in [-0.4, -0.2) is 60.7 Å². The minimum atomic E-state index is -1.01. The van der Waals surface area contributed by atoms with Crippen LogP contribution in [0.5, 0.6) is 0 Å². The Balaban J connectivity index is 1.46. The highest BCUT2D eigenvalue weighted by Crippen LogP contribution is 2.28. The third kappa shape index (κ3) is 5.17. The van der Waals surface area contributed by atoms with E-state index in [-0.39, 0.29) is 12.1 Å². The Morgan fingerprint density at radius 2 is 1.89 bits per heavy atom. The lowest BCUT2D eigenvalue weighted by atomic mass is 10.1. The number of fused-ring (bicyclic) bond motifs is 1. The van der Waals surface area contributed by atoms with E-state index in [9.17, 15) is 5.11 Å². The normalized spacial score (nSPS) is 15.2. The molecule has 1 fully saturated rings. The second kappa shape index (κ2) is 10.1. The van der Waals surface area contributed by atoms with E-state index in [1.165, 1.54) is 0 Å². The van der Waals surface area contributed by atoms with Crippen LogP contribution in [0.1, 0.15) is 57.8 Å². The molecule has 0 amide bonds. The highest BCUT2D eigenvalue weighted by atomic mass is 16.5. The zero-order valence-corrected chi connectivity index (χ0v) is 22.2. The first-order valence-electron chi connectivity index (χ1n) is 12.9. The zero-order chi connectivity index (χ0) is 26.2. The molecule has 10 nitrogen and oxygen atoms in total. The first-order valence-corrected chi connectivity index (χ1v) is 12.9. The number of rotatable bonds is 8. The van der Waals surface area contributed by atoms with Gasteiger partial charge in [0.15, 0.2) is 17.0 Å². The standard InChI is InChI=1S/C27H36N8O2/c1-18(2)34-17-29-23-24(30-26(31-25(23)34)33-13-10-20(37-5)11-14-33)28-16-19-8-6-7-9-21(19)35-15-12-22(32-35)27(3,4)36/h6-9,12,15,17-18,20,36H,10-11,13-14,16H2,1-5H3,(H,28,30,31). The summed E-state index contributed by atoms with van der Waals surface area (Å²) in [6.45, 7) is 9.96. The summed E-state index contributed by atoms with van der Waals surface area (Å²) in [5.74, 6) is 1.42. The number of para-hydroxylation sites is 1. The average molecular weight is 505 g/mol. The van der Waals surface area contributed by atoms with Crippen molar-refractivity contribution in [2.24, 2.45) is 0 Å². The number of nitrogens with one attached hydrogen (secondary N) is 1. The molecule has 4 aromatic rings. The van der Waals surface area contributed by atoms with Crippen LogP contribution in [0.4, 0.5) is 11.8 Å². The maximum Gasteiger partial charge on any atom is 0.229 e. The molecular formula is C27H36N8O2. The van der Waals surface area contributed by atoms with Gasteiger partial charge in [-0.2, -0.15) is 15.1 Å². The van der Waals surface area contributed by atoms with Crippen LogP contribution in [0.2, 0.25) is 0 Å². The third-order valence-electron chi connectivity index (χ3n) is 6.92. The number of aliphatic hydroxyl groups is 1. The Kier molecular flexibility index (Phi) is 6.87. The lowest BCUT2D eigenvalue weighted by molar-refractivity contribution is 0.0734. The van der Waals surface area contributed by atoms with E-state index < -0.39 is 5.60 Å². The summed E-state index contributed by atoms with van der Waals surface area (Å²) in [7, 11) is 1.78. The molecule has 196 valence electrons. The van der Waals surface area contributed by atoms with Crippen molar-refractivity contribution in [2.75, 3.05) is 30.4 Å². The summed E-state index contributed by atoms with van der Waals surface area (Å²) in [6.07, 6.45) is 5.91. The van der Waals surface area contributed by atoms with Crippen LogP contribution in [0, 0.1) is 0 Å². The summed E-state index contributed by atoms with van der Waals surface area (Å²) < 4.78 is 9.44. The van der Waals surface area contributed by atoms with Crippen molar-refractivity contribution in [2.45, 2.75) is 64.8 Å². The van der Waals surface area contributed by atoms with Crippen LogP contribution in [0.25, 0.3) is 16.9 Å². The van der Waals surface area contributed by atoms with Crippen molar-refractivity contribution in [3.8, 4) is 5.69 Å². The SMILES string of the molecule is COC1CCN(c2nc(NCc3ccccc3-n3ccc(C(C)(C)O)n3)c3ncn(C(C)C)c3n2)CC1. The lowest BCUT2D eigenvalue weighted by Crippen LogP contribution is -2.37. The van der Waals surface area contributed by atoms with Gasteiger partial charge in [-0.3, -0.25) is 0 Å². The van der Waals surface area contributed by atoms with Gasteiger partial charge in [0.25, 0.3) is 0 Å². The fraction of sp³-hybridized carbons (Fsp3) is 0.481. The average Bonchev–Trinajstić information content (AvgIpc) is 3.55. The fourth-order valence-electron chi connectivity index (χ4n) is 4.69. The molecule has 2 N–H and O–H groups in total. The van der Waals surface area contributed by atoms with E-state index >= 15 is 0 Å². The van der Waals surface area contributed by atoms with Crippen LogP contribution >= 0.6 is 0 Å². The minimum absolute atomic E-state index is 0.227. The number of piperidine rings is 1. The van der Waals surface area contributed by atoms with Crippen LogP contribution in [0.3, 0.4) is 0 Å². The second-order valence-corrected chi connectivity index (χ2v) is 10.4. The van der Waals surface area contributed by atoms with Crippen LogP contribution in [0.15, 0.2) is 42.9 Å². The number of nitrogens with zero attached hydrogens (tertiary/aromatic N) is 7. The topological polar surface area (TPSA) is 106 Å². The van der Waals surface area contributed by atoms with Gasteiger partial charge in [-0.05, 0) is 58.2 Å². The Morgan fingerprint density at radius 3 is 2.57 bits per heavy atom. The van der Waals surface area contributed by atoms with Gasteiger partial charge in [-0.1, -0.05) is 18.2 Å². The highest BCUT2D eigenvalue weighted by molar-refractivity contribution is 5.84. The van der Waals surface area contributed by atoms with Crippen LogP contribution in [-0.2, 0) is 16.9 Å². The molecule has 1 aliphatic rings. The highest BCUT2D eigenvalue weighted by Gasteiger charge is 2.24. The maximum absolute atomic E-state index is 10.4. The predicted octanol–water partition coefficient (Wildman–Crippen LogP) is 4.05. The van der Waals surface area contributed by atoms with Crippen molar-refractivity contribution >= 4 is 22.9 Å². The number of benzene rings is 1. The first kappa shape index (κ1) is 25.2. The summed E-state index contributed by atoms with van der Waals surface area (Å²) in [4.78, 5) is 16.8. The fourth-order valence-corrected chi connectivity index (χ4v) is 4.69. The van der Waals surface area contributed by atoms with E-state index in [1.807, 2.05) is 36.8 Å². The van der Waals surface area contributed by atoms with Crippen molar-refractivity contribution in [1.82, 2.24) is 29.3 Å². The summed E-state index contributed by atoms with van der Waals surface area (Å²) in [5, 5.41) is 18.5. The molecule has 10 heteroatoms. The molecule has 5 rings (SSSR count). The first-order chi connectivity index (χ1) is 17.7. The zero-order valence-electron chi connectivity index (χ0n) is 22.2. The quantitative estimate of drug-likeness (QED) is 0.370. The molecule has 1 aromatic carbocycles. The van der Waals surface area contributed by atoms with Gasteiger partial charge in [0.05, 0.1) is 23.8 Å². The van der Waals surface area contributed by atoms with Gasteiger partial charge in [0, 0.05) is 39.0 Å². The molecule has 4 heterocycles. The Hall–Kier alpha value is -3.50. The van der Waals surface area contributed by atoms with Crippen molar-refractivity contribution in [3.05, 3.63) is 54.1 Å². The molecular weight excluding hydrogens is 468 g/mol. The molecule has 37 heavy (non-hydrogen) atoms. The number of hydrogen-bond acceptors (Lipinski definition) is 8. The number of ether oxygens (including phenoxy) is 1. The lowest BCUT2D eigenvalue weighted by Gasteiger charge is -2.31. The molecule has 0 aliphatic carbocycles. The molecule has 3 aromatic heterocycles. The maximum atomic E-state index is 10.4. The summed E-state index contributed by atoms with van der Waals surface area (Å²) in [5.41, 5.74) is 3.18. The predicted molar refractivity (Wildman–Crippen MR) is 144 cm³/mol. The number of aromatic nitrogens is 6. The molecule has 0 saturated carbocycles. The van der Waals surface area contributed by atoms with Gasteiger partial charge < -0.3 is 24.6 Å². The molecule has 0 spiro atoms. The summed E-state index contributed by atoms with van der Waals surface area (Å²) in [6, 6.07) is 10.2. The van der Waals surface area contributed by atoms with Crippen molar-refractivity contribution < 1.29 is 9.84 Å². The van der Waals surface area contributed by atoms with E-state index in [1.54, 1.807) is 25.6 Å². The van der Waals surface area contributed by atoms with Crippen LogP contribution < -0.4 is 10.2 Å². The summed E-state index contributed by atoms with van der Waals surface area (Å²) >= 11 is 0. The second-order valence-electron chi connectivity index (χ2n) is 10.4. The Bertz CT molecular complexity index is 1360. The van der Waals surface area contributed by atoms with E-state index in [0.29, 0.717) is 24.0 Å². The van der Waals surface area contributed by atoms with E-state index in [2.05, 4.69) is 44.8 Å². The minimum Gasteiger partial charge on any atom is -0.384 e. The smallest absolute Gasteiger partial charge is 0.229 e. The molecule has 1 aliphatic heterocycles. The van der Waals surface area contributed by atoms with Gasteiger partial charge in [0.1, 0.15) is 5.60 Å². The van der Waals surface area contributed by atoms with Gasteiger partial charge in [-0.25, -0.2) is 9.67 Å². The van der Waals surface area contributed by atoms with Gasteiger partial charge >= 0.3 is 0 Å². The number of imidazole rings is 1. The Labute approximate surface area is 217 Å². The van der Waals surface area contributed by atoms with Crippen molar-refractivity contribution in [3.63, 3.8) is 0 Å². The molecule has 0 atom stereocenters.